The Bertz CT molecular complexity index is 1460. The summed E-state index contributed by atoms with van der Waals surface area (Å²) in [6.07, 6.45) is 0.846. The summed E-state index contributed by atoms with van der Waals surface area (Å²) in [6, 6.07) is 10.8. The highest BCUT2D eigenvalue weighted by atomic mass is 32.2. The monoisotopic (exact) mass is 637 g/mol. The fraction of sp³-hybridized carbons (Fsp3) is 0.533. The number of rotatable bonds is 10. The number of sulfone groups is 1. The summed E-state index contributed by atoms with van der Waals surface area (Å²) in [6.45, 7) is 9.76. The molecular weight excluding hydrogens is 596 g/mol. The number of likely N-dealkylation sites (N-methyl/N-ethyl adjacent to an activating group) is 1. The highest BCUT2D eigenvalue weighted by molar-refractivity contribution is 7.92. The third kappa shape index (κ3) is 7.62. The van der Waals surface area contributed by atoms with E-state index in [0.717, 1.165) is 13.0 Å². The second-order valence-electron chi connectivity index (χ2n) is 12.8. The lowest BCUT2D eigenvalue weighted by Gasteiger charge is -2.38. The maximum atomic E-state index is 13.6. The van der Waals surface area contributed by atoms with Crippen LogP contribution in [-0.2, 0) is 23.9 Å². The van der Waals surface area contributed by atoms with Gasteiger partial charge in [-0.15, -0.1) is 0 Å². The zero-order valence-electron chi connectivity index (χ0n) is 25.4. The molecule has 0 bridgehead atoms. The molecule has 2 heterocycles. The highest BCUT2D eigenvalue weighted by Gasteiger charge is 2.42. The summed E-state index contributed by atoms with van der Waals surface area (Å²) in [5.74, 6) is -3.06. The second kappa shape index (κ2) is 12.6. The summed E-state index contributed by atoms with van der Waals surface area (Å²) in [5, 5.41) is 5.38. The maximum absolute atomic E-state index is 13.6. The van der Waals surface area contributed by atoms with E-state index in [1.165, 1.54) is 31.3 Å². The predicted octanol–water partition coefficient (Wildman–Crippen LogP) is 4.72. The van der Waals surface area contributed by atoms with Crippen LogP contribution in [0.4, 0.5) is 14.5 Å². The Hall–Kier alpha value is -2.87. The molecule has 0 spiro atoms. The van der Waals surface area contributed by atoms with Crippen molar-refractivity contribution in [2.45, 2.75) is 74.8 Å². The van der Waals surface area contributed by atoms with Gasteiger partial charge in [0, 0.05) is 32.6 Å². The third-order valence-corrected chi connectivity index (χ3v) is 14.9. The topological polar surface area (TPSA) is 114 Å². The van der Waals surface area contributed by atoms with E-state index in [2.05, 4.69) is 54.1 Å². The lowest BCUT2D eigenvalue weighted by Crippen LogP contribution is -2.44. The summed E-state index contributed by atoms with van der Waals surface area (Å²) < 4.78 is 62.8. The molecule has 43 heavy (non-hydrogen) atoms. The standard InChI is InChI=1S/C30H41F2N3O6SSi/c1-30(2,3)43(5,6)41-22-12-13-35(16-22)17-23(19-8-7-9-21(14-19)40-29(31)32)27(28(37)33-4)20-10-11-25-24(15-20)34-26(36)18-42(25,38)39/h7-11,14-15,22-23,27,29H,12-13,16-18H2,1-6H3,(H,33,37)(H,34,36)/t22-,23+,27?/m0/s1. The molecular formula is C30H41F2N3O6SSi. The number of ether oxygens (including phenoxy) is 1. The first-order chi connectivity index (χ1) is 20.0. The van der Waals surface area contributed by atoms with E-state index in [1.807, 2.05) is 0 Å². The van der Waals surface area contributed by atoms with Gasteiger partial charge in [-0.25, -0.2) is 8.42 Å². The number of benzene rings is 2. The van der Waals surface area contributed by atoms with Gasteiger partial charge in [0.25, 0.3) is 0 Å². The normalized spacial score (nSPS) is 20.3. The van der Waals surface area contributed by atoms with E-state index < -0.39 is 48.3 Å². The number of alkyl halides is 2. The highest BCUT2D eigenvalue weighted by Crippen LogP contribution is 2.41. The zero-order valence-corrected chi connectivity index (χ0v) is 27.3. The molecule has 0 aromatic heterocycles. The van der Waals surface area contributed by atoms with Gasteiger partial charge in [-0.2, -0.15) is 8.78 Å². The zero-order chi connectivity index (χ0) is 31.7. The molecule has 0 aliphatic carbocycles. The number of nitrogens with one attached hydrogen (secondary N) is 2. The maximum Gasteiger partial charge on any atom is 0.387 e. The van der Waals surface area contributed by atoms with Crippen molar-refractivity contribution in [3.8, 4) is 5.75 Å². The van der Waals surface area contributed by atoms with Crippen molar-refractivity contribution in [1.29, 1.82) is 0 Å². The number of hydrogen-bond donors (Lipinski definition) is 2. The van der Waals surface area contributed by atoms with Crippen molar-refractivity contribution >= 4 is 35.7 Å². The van der Waals surface area contributed by atoms with E-state index >= 15 is 0 Å². The fourth-order valence-electron chi connectivity index (χ4n) is 5.52. The molecule has 0 radical (unpaired) electrons. The van der Waals surface area contributed by atoms with Gasteiger partial charge in [0.2, 0.25) is 11.8 Å². The number of hydrogen-bond acceptors (Lipinski definition) is 7. The Labute approximate surface area is 253 Å². The van der Waals surface area contributed by atoms with Crippen molar-refractivity contribution in [3.05, 3.63) is 53.6 Å². The van der Waals surface area contributed by atoms with Crippen LogP contribution in [-0.4, -0.2) is 78.6 Å². The Morgan fingerprint density at radius 1 is 1.16 bits per heavy atom. The van der Waals surface area contributed by atoms with Crippen LogP contribution in [0.5, 0.6) is 5.75 Å². The van der Waals surface area contributed by atoms with Crippen LogP contribution >= 0.6 is 0 Å². The molecule has 1 unspecified atom stereocenters. The SMILES string of the molecule is CNC(=O)C(c1ccc2c(c1)NC(=O)CS2(=O)=O)[C@H](CN1CC[C@H](O[Si](C)(C)C(C)(C)C)C1)c1cccc(OC(F)F)c1. The van der Waals surface area contributed by atoms with Gasteiger partial charge in [0.05, 0.1) is 22.6 Å². The molecule has 236 valence electrons. The van der Waals surface area contributed by atoms with E-state index in [1.54, 1.807) is 18.2 Å². The van der Waals surface area contributed by atoms with E-state index in [4.69, 9.17) is 4.43 Å². The number of anilines is 1. The smallest absolute Gasteiger partial charge is 0.387 e. The van der Waals surface area contributed by atoms with Gasteiger partial charge < -0.3 is 24.7 Å². The van der Waals surface area contributed by atoms with Crippen LogP contribution in [0.3, 0.4) is 0 Å². The molecule has 2 aromatic carbocycles. The molecule has 9 nitrogen and oxygen atoms in total. The Balaban J connectivity index is 1.73. The number of nitrogens with zero attached hydrogens (tertiary/aromatic N) is 1. The van der Waals surface area contributed by atoms with Crippen molar-refractivity contribution in [2.75, 3.05) is 37.8 Å². The van der Waals surface area contributed by atoms with Crippen molar-refractivity contribution in [2.24, 2.45) is 0 Å². The van der Waals surface area contributed by atoms with E-state index in [9.17, 15) is 26.8 Å². The lowest BCUT2D eigenvalue weighted by atomic mass is 9.80. The molecule has 2 N–H and O–H groups in total. The third-order valence-electron chi connectivity index (χ3n) is 8.69. The minimum Gasteiger partial charge on any atom is -0.435 e. The quantitative estimate of drug-likeness (QED) is 0.363. The van der Waals surface area contributed by atoms with Gasteiger partial charge in [0.1, 0.15) is 11.5 Å². The molecule has 0 saturated carbocycles. The minimum absolute atomic E-state index is 0.0134. The van der Waals surface area contributed by atoms with Crippen molar-refractivity contribution in [1.82, 2.24) is 10.2 Å². The molecule has 1 saturated heterocycles. The fourth-order valence-corrected chi connectivity index (χ4v) is 8.20. The number of carbonyl (C=O) groups excluding carboxylic acids is 2. The molecule has 4 rings (SSSR count). The molecule has 2 aromatic rings. The lowest BCUT2D eigenvalue weighted by molar-refractivity contribution is -0.122. The number of carbonyl (C=O) groups is 2. The average molecular weight is 638 g/mol. The number of halogens is 2. The number of amides is 2. The summed E-state index contributed by atoms with van der Waals surface area (Å²) >= 11 is 0. The molecule has 3 atom stereocenters. The number of likely N-dealkylation sites (tertiary alicyclic amines) is 1. The first-order valence-electron chi connectivity index (χ1n) is 14.3. The summed E-state index contributed by atoms with van der Waals surface area (Å²) in [7, 11) is -4.33. The van der Waals surface area contributed by atoms with Crippen LogP contribution in [0.1, 0.15) is 50.2 Å². The Morgan fingerprint density at radius 3 is 2.53 bits per heavy atom. The first-order valence-corrected chi connectivity index (χ1v) is 18.9. The van der Waals surface area contributed by atoms with Crippen LogP contribution in [0.2, 0.25) is 18.1 Å². The van der Waals surface area contributed by atoms with E-state index in [0.29, 0.717) is 24.2 Å². The van der Waals surface area contributed by atoms with Crippen LogP contribution < -0.4 is 15.4 Å². The Morgan fingerprint density at radius 2 is 1.88 bits per heavy atom. The van der Waals surface area contributed by atoms with Crippen molar-refractivity contribution < 1.29 is 36.0 Å². The Kier molecular flexibility index (Phi) is 9.70. The van der Waals surface area contributed by atoms with Crippen molar-refractivity contribution in [3.63, 3.8) is 0 Å². The van der Waals surface area contributed by atoms with E-state index in [-0.39, 0.29) is 33.4 Å². The summed E-state index contributed by atoms with van der Waals surface area (Å²) in [5.41, 5.74) is 1.20. The first kappa shape index (κ1) is 33.0. The molecule has 2 amide bonds. The average Bonchev–Trinajstić information content (AvgIpc) is 3.32. The predicted molar refractivity (Wildman–Crippen MR) is 163 cm³/mol. The van der Waals surface area contributed by atoms with Gasteiger partial charge in [-0.3, -0.25) is 9.59 Å². The largest absolute Gasteiger partial charge is 0.435 e. The molecule has 2 aliphatic rings. The minimum atomic E-state index is -3.82. The van der Waals surface area contributed by atoms with Crippen LogP contribution in [0.25, 0.3) is 0 Å². The van der Waals surface area contributed by atoms with Gasteiger partial charge >= 0.3 is 6.61 Å². The van der Waals surface area contributed by atoms with Crippen LogP contribution in [0.15, 0.2) is 47.4 Å². The molecule has 13 heteroatoms. The second-order valence-corrected chi connectivity index (χ2v) is 19.5. The molecule has 1 fully saturated rings. The molecule has 2 aliphatic heterocycles. The van der Waals surface area contributed by atoms with Gasteiger partial charge in [-0.1, -0.05) is 39.0 Å². The summed E-state index contributed by atoms with van der Waals surface area (Å²) in [4.78, 5) is 27.9. The van der Waals surface area contributed by atoms with Gasteiger partial charge in [0.15, 0.2) is 18.2 Å². The van der Waals surface area contributed by atoms with Gasteiger partial charge in [-0.05, 0) is 59.9 Å². The number of fused-ring (bicyclic) bond motifs is 1. The van der Waals surface area contributed by atoms with Crippen LogP contribution in [0, 0.1) is 0 Å².